The molecule has 1 aromatic carbocycles. The van der Waals surface area contributed by atoms with Gasteiger partial charge in [0.05, 0.1) is 6.61 Å². The molecule has 0 N–H and O–H groups in total. The topological polar surface area (TPSA) is 9.23 Å². The van der Waals surface area contributed by atoms with Gasteiger partial charge in [-0.25, -0.2) is 0 Å². The van der Waals surface area contributed by atoms with E-state index in [0.717, 1.165) is 36.5 Å². The minimum atomic E-state index is 0.555. The van der Waals surface area contributed by atoms with Gasteiger partial charge in [-0.15, -0.1) is 0 Å². The smallest absolute Gasteiger partial charge is 0.122 e. The number of benzene rings is 1. The van der Waals surface area contributed by atoms with Crippen LogP contribution in [0.3, 0.4) is 0 Å². The highest BCUT2D eigenvalue weighted by Crippen LogP contribution is 2.56. The molecule has 2 fully saturated rings. The highest BCUT2D eigenvalue weighted by Gasteiger charge is 2.45. The van der Waals surface area contributed by atoms with Crippen molar-refractivity contribution in [3.05, 3.63) is 29.3 Å². The first-order chi connectivity index (χ1) is 9.33. The lowest BCUT2D eigenvalue weighted by molar-refractivity contribution is 0.288. The van der Waals surface area contributed by atoms with Gasteiger partial charge >= 0.3 is 0 Å². The lowest BCUT2D eigenvalue weighted by atomic mass is 9.89. The van der Waals surface area contributed by atoms with Gasteiger partial charge in [-0.1, -0.05) is 28.1 Å². The van der Waals surface area contributed by atoms with E-state index in [1.54, 1.807) is 0 Å². The maximum absolute atomic E-state index is 5.72. The van der Waals surface area contributed by atoms with Crippen molar-refractivity contribution in [3.8, 4) is 5.75 Å². The maximum atomic E-state index is 5.72. The second-order valence-electron chi connectivity index (χ2n) is 6.47. The Labute approximate surface area is 123 Å². The first kappa shape index (κ1) is 12.3. The molecule has 1 unspecified atom stereocenters. The molecule has 2 aliphatic carbocycles. The summed E-state index contributed by atoms with van der Waals surface area (Å²) in [4.78, 5) is 0.555. The van der Waals surface area contributed by atoms with E-state index < -0.39 is 0 Å². The molecular weight excluding hydrogens is 300 g/mol. The Bertz CT molecular complexity index is 464. The number of fused-ring (bicyclic) bond motifs is 1. The molecule has 0 bridgehead atoms. The Kier molecular flexibility index (Phi) is 3.10. The van der Waals surface area contributed by atoms with Crippen molar-refractivity contribution in [2.75, 3.05) is 6.61 Å². The second-order valence-corrected chi connectivity index (χ2v) is 7.46. The Balaban J connectivity index is 1.60. The van der Waals surface area contributed by atoms with Crippen molar-refractivity contribution < 1.29 is 4.74 Å². The summed E-state index contributed by atoms with van der Waals surface area (Å²) in [5, 5.41) is 0. The minimum absolute atomic E-state index is 0.555. The molecule has 0 amide bonds. The molecule has 1 heterocycles. The van der Waals surface area contributed by atoms with Gasteiger partial charge in [0.2, 0.25) is 0 Å². The van der Waals surface area contributed by atoms with Crippen LogP contribution in [0.5, 0.6) is 5.75 Å². The van der Waals surface area contributed by atoms with Crippen molar-refractivity contribution in [2.24, 2.45) is 17.8 Å². The SMILES string of the molecule is BrC(c1ccc2c(c1)CCCO2)C(C1CC1)C1CC1. The van der Waals surface area contributed by atoms with Gasteiger partial charge in [0, 0.05) is 4.83 Å². The molecular formula is C17H21BrO. The average molecular weight is 321 g/mol. The minimum Gasteiger partial charge on any atom is -0.493 e. The van der Waals surface area contributed by atoms with Gasteiger partial charge in [-0.2, -0.15) is 0 Å². The molecule has 2 heteroatoms. The van der Waals surface area contributed by atoms with Crippen LogP contribution in [0, 0.1) is 17.8 Å². The highest BCUT2D eigenvalue weighted by atomic mass is 79.9. The van der Waals surface area contributed by atoms with Crippen LogP contribution >= 0.6 is 15.9 Å². The fourth-order valence-corrected chi connectivity index (χ4v) is 4.75. The molecule has 102 valence electrons. The van der Waals surface area contributed by atoms with Gasteiger partial charge in [-0.05, 0) is 73.5 Å². The molecule has 4 rings (SSSR count). The van der Waals surface area contributed by atoms with Crippen LogP contribution in [-0.2, 0) is 6.42 Å². The first-order valence-electron chi connectivity index (χ1n) is 7.72. The van der Waals surface area contributed by atoms with E-state index in [1.807, 2.05) is 0 Å². The van der Waals surface area contributed by atoms with E-state index in [-0.39, 0.29) is 0 Å². The van der Waals surface area contributed by atoms with Crippen molar-refractivity contribution in [2.45, 2.75) is 43.4 Å². The summed E-state index contributed by atoms with van der Waals surface area (Å²) in [6.45, 7) is 0.886. The molecule has 19 heavy (non-hydrogen) atoms. The zero-order valence-electron chi connectivity index (χ0n) is 11.3. The normalized spacial score (nSPS) is 23.9. The van der Waals surface area contributed by atoms with Crippen LogP contribution in [0.25, 0.3) is 0 Å². The summed E-state index contributed by atoms with van der Waals surface area (Å²) in [6.07, 6.45) is 8.17. The van der Waals surface area contributed by atoms with E-state index in [0.29, 0.717) is 4.83 Å². The van der Waals surface area contributed by atoms with Crippen LogP contribution in [0.4, 0.5) is 0 Å². The zero-order valence-corrected chi connectivity index (χ0v) is 12.9. The van der Waals surface area contributed by atoms with Crippen LogP contribution in [-0.4, -0.2) is 6.61 Å². The van der Waals surface area contributed by atoms with Crippen LogP contribution in [0.15, 0.2) is 18.2 Å². The van der Waals surface area contributed by atoms with Crippen molar-refractivity contribution >= 4 is 15.9 Å². The van der Waals surface area contributed by atoms with Crippen LogP contribution in [0.2, 0.25) is 0 Å². The first-order valence-corrected chi connectivity index (χ1v) is 8.64. The van der Waals surface area contributed by atoms with Gasteiger partial charge in [0.1, 0.15) is 5.75 Å². The van der Waals surface area contributed by atoms with Crippen molar-refractivity contribution in [1.82, 2.24) is 0 Å². The molecule has 0 spiro atoms. The third-order valence-electron chi connectivity index (χ3n) is 4.92. The summed E-state index contributed by atoms with van der Waals surface area (Å²) >= 11 is 4.02. The number of hydrogen-bond donors (Lipinski definition) is 0. The molecule has 0 radical (unpaired) electrons. The van der Waals surface area contributed by atoms with E-state index >= 15 is 0 Å². The Morgan fingerprint density at radius 3 is 2.53 bits per heavy atom. The number of ether oxygens (including phenoxy) is 1. The fourth-order valence-electron chi connectivity index (χ4n) is 3.60. The maximum Gasteiger partial charge on any atom is 0.122 e. The Morgan fingerprint density at radius 1 is 1.11 bits per heavy atom. The molecule has 1 atom stereocenters. The van der Waals surface area contributed by atoms with Crippen LogP contribution in [0.1, 0.15) is 48.1 Å². The van der Waals surface area contributed by atoms with Gasteiger partial charge in [0.15, 0.2) is 0 Å². The molecule has 1 nitrogen and oxygen atoms in total. The number of rotatable bonds is 4. The Hall–Kier alpha value is -0.500. The molecule has 2 saturated carbocycles. The highest BCUT2D eigenvalue weighted by molar-refractivity contribution is 9.09. The zero-order chi connectivity index (χ0) is 12.8. The van der Waals surface area contributed by atoms with E-state index in [9.17, 15) is 0 Å². The number of aryl methyl sites for hydroxylation is 1. The van der Waals surface area contributed by atoms with Gasteiger partial charge in [-0.3, -0.25) is 0 Å². The molecule has 3 aliphatic rings. The summed E-state index contributed by atoms with van der Waals surface area (Å²) < 4.78 is 5.72. The summed E-state index contributed by atoms with van der Waals surface area (Å²) in [5.74, 6) is 3.97. The van der Waals surface area contributed by atoms with Gasteiger partial charge < -0.3 is 4.74 Å². The number of hydrogen-bond acceptors (Lipinski definition) is 1. The summed E-state index contributed by atoms with van der Waals surface area (Å²) in [6, 6.07) is 6.86. The van der Waals surface area contributed by atoms with E-state index in [1.165, 1.54) is 43.2 Å². The third-order valence-corrected chi connectivity index (χ3v) is 6.06. The third kappa shape index (κ3) is 2.44. The number of halogens is 1. The molecule has 1 aromatic rings. The van der Waals surface area contributed by atoms with E-state index in [2.05, 4.69) is 34.1 Å². The number of alkyl halides is 1. The lowest BCUT2D eigenvalue weighted by Gasteiger charge is -2.25. The van der Waals surface area contributed by atoms with Gasteiger partial charge in [0.25, 0.3) is 0 Å². The quantitative estimate of drug-likeness (QED) is 0.718. The monoisotopic (exact) mass is 320 g/mol. The fraction of sp³-hybridized carbons (Fsp3) is 0.647. The standard InChI is InChI=1S/C17H21BrO/c18-17(16(11-3-4-11)12-5-6-12)14-7-8-15-13(10-14)2-1-9-19-15/h7-8,10-12,16-17H,1-6,9H2. The molecule has 0 saturated heterocycles. The lowest BCUT2D eigenvalue weighted by Crippen LogP contribution is -2.14. The average Bonchev–Trinajstić information content (AvgIpc) is 3.32. The second kappa shape index (κ2) is 4.80. The summed E-state index contributed by atoms with van der Waals surface area (Å²) in [5.41, 5.74) is 2.89. The predicted octanol–water partition coefficient (Wildman–Crippen LogP) is 4.88. The largest absolute Gasteiger partial charge is 0.493 e. The molecule has 0 aromatic heterocycles. The van der Waals surface area contributed by atoms with Crippen molar-refractivity contribution in [1.29, 1.82) is 0 Å². The van der Waals surface area contributed by atoms with E-state index in [4.69, 9.17) is 4.74 Å². The predicted molar refractivity (Wildman–Crippen MR) is 80.9 cm³/mol. The van der Waals surface area contributed by atoms with Crippen molar-refractivity contribution in [3.63, 3.8) is 0 Å². The van der Waals surface area contributed by atoms with Crippen LogP contribution < -0.4 is 4.74 Å². The Morgan fingerprint density at radius 2 is 1.84 bits per heavy atom. The summed E-state index contributed by atoms with van der Waals surface area (Å²) in [7, 11) is 0. The molecule has 1 aliphatic heterocycles.